The Balaban J connectivity index is 4.28. The van der Waals surface area contributed by atoms with Crippen molar-refractivity contribution in [3.8, 4) is 0 Å². The van der Waals surface area contributed by atoms with E-state index in [1.54, 1.807) is 13.8 Å². The van der Waals surface area contributed by atoms with Gasteiger partial charge in [0.05, 0.1) is 12.3 Å². The zero-order chi connectivity index (χ0) is 8.20. The van der Waals surface area contributed by atoms with Gasteiger partial charge in [-0.25, -0.2) is 4.39 Å². The summed E-state index contributed by atoms with van der Waals surface area (Å²) in [7, 11) is 0. The van der Waals surface area contributed by atoms with E-state index in [0.29, 0.717) is 0 Å². The molecule has 3 nitrogen and oxygen atoms in total. The lowest BCUT2D eigenvalue weighted by molar-refractivity contribution is 0.202. The molecule has 0 saturated heterocycles. The molecule has 0 bridgehead atoms. The Morgan fingerprint density at radius 3 is 2.20 bits per heavy atom. The van der Waals surface area contributed by atoms with Crippen LogP contribution in [0.3, 0.4) is 0 Å². The van der Waals surface area contributed by atoms with Crippen LogP contribution in [0, 0.1) is 5.41 Å². The number of rotatable bonds is 3. The fourth-order valence-corrected chi connectivity index (χ4v) is 0.434. The van der Waals surface area contributed by atoms with Crippen LogP contribution < -0.4 is 0 Å². The van der Waals surface area contributed by atoms with Crippen molar-refractivity contribution in [1.82, 2.24) is 0 Å². The van der Waals surface area contributed by atoms with Gasteiger partial charge in [0, 0.05) is 5.41 Å². The molecule has 0 rings (SSSR count). The third-order valence-corrected chi connectivity index (χ3v) is 1.42. The third kappa shape index (κ3) is 1.95. The van der Waals surface area contributed by atoms with Gasteiger partial charge in [0.2, 0.25) is 0 Å². The van der Waals surface area contributed by atoms with Crippen molar-refractivity contribution in [3.63, 3.8) is 0 Å². The summed E-state index contributed by atoms with van der Waals surface area (Å²) in [5.74, 6) is 0. The first-order chi connectivity index (χ1) is 4.58. The lowest BCUT2D eigenvalue weighted by Crippen LogP contribution is -2.29. The molecule has 0 unspecified atom stereocenters. The van der Waals surface area contributed by atoms with Crippen LogP contribution in [0.2, 0.25) is 0 Å². The summed E-state index contributed by atoms with van der Waals surface area (Å²) in [6.45, 7) is 2.14. The molecule has 2 N–H and O–H groups in total. The van der Waals surface area contributed by atoms with E-state index in [4.69, 9.17) is 10.3 Å². The lowest BCUT2D eigenvalue weighted by Gasteiger charge is -2.19. The largest absolute Gasteiger partial charge is 0.411 e. The van der Waals surface area contributed by atoms with E-state index >= 15 is 0 Å². The minimum Gasteiger partial charge on any atom is -0.411 e. The number of alkyl halides is 1. The third-order valence-electron chi connectivity index (χ3n) is 1.42. The quantitative estimate of drug-likeness (QED) is 0.354. The van der Waals surface area contributed by atoms with Gasteiger partial charge in [0.25, 0.3) is 0 Å². The Hall–Kier alpha value is -0.640. The summed E-state index contributed by atoms with van der Waals surface area (Å²) in [6.07, 6.45) is 0. The fourth-order valence-electron chi connectivity index (χ4n) is 0.434. The van der Waals surface area contributed by atoms with E-state index in [1.165, 1.54) is 0 Å². The fraction of sp³-hybridized carbons (Fsp3) is 0.833. The molecule has 0 aromatic rings. The summed E-state index contributed by atoms with van der Waals surface area (Å²) < 4.78 is 11.9. The molecule has 0 saturated carbocycles. The highest BCUT2D eigenvalue weighted by Crippen LogP contribution is 2.16. The van der Waals surface area contributed by atoms with Crippen molar-refractivity contribution in [2.45, 2.75) is 13.8 Å². The minimum atomic E-state index is -0.829. The average Bonchev–Trinajstić information content (AvgIpc) is 1.90. The zero-order valence-electron chi connectivity index (χ0n) is 6.13. The van der Waals surface area contributed by atoms with Gasteiger partial charge in [-0.15, -0.1) is 0 Å². The molecule has 0 aliphatic rings. The maximum atomic E-state index is 11.9. The SMILES string of the molecule is CC(C)(CO)C(CF)=NO. The molecule has 10 heavy (non-hydrogen) atoms. The van der Waals surface area contributed by atoms with E-state index in [1.807, 2.05) is 0 Å². The Bertz CT molecular complexity index is 134. The van der Waals surface area contributed by atoms with E-state index in [-0.39, 0.29) is 12.3 Å². The molecule has 0 aliphatic carbocycles. The van der Waals surface area contributed by atoms with Crippen LogP contribution in [0.5, 0.6) is 0 Å². The number of aliphatic hydroxyl groups is 1. The number of nitrogens with zero attached hydrogens (tertiary/aromatic N) is 1. The van der Waals surface area contributed by atoms with Gasteiger partial charge < -0.3 is 10.3 Å². The lowest BCUT2D eigenvalue weighted by atomic mass is 9.89. The molecule has 0 radical (unpaired) electrons. The predicted octanol–water partition coefficient (Wildman–Crippen LogP) is 0.805. The maximum absolute atomic E-state index is 11.9. The summed E-state index contributed by atoms with van der Waals surface area (Å²) >= 11 is 0. The van der Waals surface area contributed by atoms with Gasteiger partial charge in [-0.3, -0.25) is 0 Å². The number of aliphatic hydroxyl groups excluding tert-OH is 1. The highest BCUT2D eigenvalue weighted by molar-refractivity contribution is 5.90. The molecule has 0 fully saturated rings. The average molecular weight is 149 g/mol. The van der Waals surface area contributed by atoms with E-state index < -0.39 is 12.1 Å². The summed E-state index contributed by atoms with van der Waals surface area (Å²) in [4.78, 5) is 0. The van der Waals surface area contributed by atoms with Crippen molar-refractivity contribution in [3.05, 3.63) is 0 Å². The van der Waals surface area contributed by atoms with Gasteiger partial charge in [-0.1, -0.05) is 19.0 Å². The molecule has 0 spiro atoms. The van der Waals surface area contributed by atoms with Gasteiger partial charge >= 0.3 is 0 Å². The molecule has 4 heteroatoms. The molecule has 0 aromatic carbocycles. The molecular weight excluding hydrogens is 137 g/mol. The van der Waals surface area contributed by atoms with Crippen LogP contribution in [0.1, 0.15) is 13.8 Å². The highest BCUT2D eigenvalue weighted by atomic mass is 19.1. The Morgan fingerprint density at radius 2 is 2.10 bits per heavy atom. The predicted molar refractivity (Wildman–Crippen MR) is 36.1 cm³/mol. The van der Waals surface area contributed by atoms with Crippen LogP contribution in [-0.2, 0) is 0 Å². The van der Waals surface area contributed by atoms with Crippen molar-refractivity contribution in [1.29, 1.82) is 0 Å². The summed E-state index contributed by atoms with van der Waals surface area (Å²) in [5.41, 5.74) is -0.793. The molecule has 0 aromatic heterocycles. The van der Waals surface area contributed by atoms with Crippen molar-refractivity contribution >= 4 is 5.71 Å². The van der Waals surface area contributed by atoms with Crippen LogP contribution in [0.15, 0.2) is 5.16 Å². The van der Waals surface area contributed by atoms with Crippen LogP contribution >= 0.6 is 0 Å². The number of halogens is 1. The normalized spacial score (nSPS) is 13.8. The highest BCUT2D eigenvalue weighted by Gasteiger charge is 2.24. The van der Waals surface area contributed by atoms with Gasteiger partial charge in [-0.05, 0) is 0 Å². The second-order valence-corrected chi connectivity index (χ2v) is 2.72. The summed E-state index contributed by atoms with van der Waals surface area (Å²) in [5, 5.41) is 19.6. The van der Waals surface area contributed by atoms with E-state index in [2.05, 4.69) is 5.16 Å². The van der Waals surface area contributed by atoms with E-state index in [0.717, 1.165) is 0 Å². The van der Waals surface area contributed by atoms with Crippen LogP contribution in [0.25, 0.3) is 0 Å². The number of hydrogen-bond donors (Lipinski definition) is 2. The van der Waals surface area contributed by atoms with Crippen molar-refractivity contribution in [2.24, 2.45) is 10.6 Å². The second kappa shape index (κ2) is 3.51. The first kappa shape index (κ1) is 9.36. The molecular formula is C6H12FNO2. The standard InChI is InChI=1S/C6H12FNO2/c1-6(2,4-9)5(3-7)8-10/h9-10H,3-4H2,1-2H3. The monoisotopic (exact) mass is 149 g/mol. The topological polar surface area (TPSA) is 52.8 Å². The van der Waals surface area contributed by atoms with Crippen molar-refractivity contribution in [2.75, 3.05) is 13.3 Å². The first-order valence-corrected chi connectivity index (χ1v) is 2.96. The summed E-state index contributed by atoms with van der Waals surface area (Å²) in [6, 6.07) is 0. The molecule has 0 aliphatic heterocycles. The Morgan fingerprint density at radius 1 is 1.60 bits per heavy atom. The zero-order valence-corrected chi connectivity index (χ0v) is 6.13. The van der Waals surface area contributed by atoms with Crippen molar-refractivity contribution < 1.29 is 14.7 Å². The molecule has 0 amide bonds. The van der Waals surface area contributed by atoms with Gasteiger partial charge in [0.1, 0.15) is 6.67 Å². The minimum absolute atomic E-state index is 0.0324. The first-order valence-electron chi connectivity index (χ1n) is 2.96. The maximum Gasteiger partial charge on any atom is 0.131 e. The van der Waals surface area contributed by atoms with Gasteiger partial charge in [-0.2, -0.15) is 0 Å². The van der Waals surface area contributed by atoms with Crippen LogP contribution in [0.4, 0.5) is 4.39 Å². The number of oxime groups is 1. The number of hydrogen-bond acceptors (Lipinski definition) is 3. The van der Waals surface area contributed by atoms with Gasteiger partial charge in [0.15, 0.2) is 0 Å². The molecule has 0 heterocycles. The smallest absolute Gasteiger partial charge is 0.131 e. The molecule has 60 valence electrons. The van der Waals surface area contributed by atoms with E-state index in [9.17, 15) is 4.39 Å². The molecule has 0 atom stereocenters. The Kier molecular flexibility index (Phi) is 3.28. The second-order valence-electron chi connectivity index (χ2n) is 2.72. The van der Waals surface area contributed by atoms with Crippen LogP contribution in [-0.4, -0.2) is 29.3 Å². The Labute approximate surface area is 59.2 Å².